The summed E-state index contributed by atoms with van der Waals surface area (Å²) in [7, 11) is 1.54. The summed E-state index contributed by atoms with van der Waals surface area (Å²) < 4.78 is 5.06. The maximum Gasteiger partial charge on any atom is 0.347 e. The van der Waals surface area contributed by atoms with Crippen molar-refractivity contribution >= 4 is 17.3 Å². The number of hydrogen-bond acceptors (Lipinski definition) is 5. The first-order valence-corrected chi connectivity index (χ1v) is 6.60. The van der Waals surface area contributed by atoms with Gasteiger partial charge in [0, 0.05) is 6.07 Å². The van der Waals surface area contributed by atoms with E-state index in [1.807, 2.05) is 13.8 Å². The van der Waals surface area contributed by atoms with Crippen molar-refractivity contribution in [2.75, 3.05) is 7.11 Å². The number of aromatic nitrogens is 2. The molecule has 0 atom stereocenters. The number of aromatic carboxylic acids is 1. The Kier molecular flexibility index (Phi) is 3.80. The largest absolute Gasteiger partial charge is 0.481 e. The van der Waals surface area contributed by atoms with Gasteiger partial charge in [-0.2, -0.15) is 0 Å². The molecule has 0 fully saturated rings. The van der Waals surface area contributed by atoms with Gasteiger partial charge in [-0.15, -0.1) is 11.3 Å². The number of methoxy groups -OCH3 is 1. The second kappa shape index (κ2) is 5.36. The lowest BCUT2D eigenvalue weighted by Crippen LogP contribution is -2.00. The molecule has 0 spiro atoms. The molecular formula is C13H14N2O3S. The van der Waals surface area contributed by atoms with Crippen LogP contribution in [0, 0.1) is 0 Å². The summed E-state index contributed by atoms with van der Waals surface area (Å²) in [6.45, 7) is 3.84. The Balaban J connectivity index is 2.50. The third-order valence-electron chi connectivity index (χ3n) is 2.55. The van der Waals surface area contributed by atoms with E-state index >= 15 is 0 Å². The molecule has 6 heteroatoms. The van der Waals surface area contributed by atoms with Crippen LogP contribution in [0.1, 0.15) is 35.1 Å². The summed E-state index contributed by atoms with van der Waals surface area (Å²) >= 11 is 1.14. The van der Waals surface area contributed by atoms with Crippen LogP contribution >= 0.6 is 11.3 Å². The third-order valence-corrected chi connectivity index (χ3v) is 3.63. The standard InChI is InChI=1S/C13H14N2O3S/c1-7(2)10-11(13(16)17)19-12(15-10)8-5-4-6-9(14-8)18-3/h4-7H,1-3H3,(H,16,17). The molecule has 2 rings (SSSR count). The fraction of sp³-hybridized carbons (Fsp3) is 0.308. The molecule has 5 nitrogen and oxygen atoms in total. The van der Waals surface area contributed by atoms with Crippen LogP contribution in [0.3, 0.4) is 0 Å². The highest BCUT2D eigenvalue weighted by molar-refractivity contribution is 7.17. The van der Waals surface area contributed by atoms with Gasteiger partial charge in [-0.3, -0.25) is 0 Å². The lowest BCUT2D eigenvalue weighted by molar-refractivity contribution is 0.0700. The number of ether oxygens (including phenoxy) is 1. The quantitative estimate of drug-likeness (QED) is 0.930. The second-order valence-electron chi connectivity index (χ2n) is 4.26. The van der Waals surface area contributed by atoms with Gasteiger partial charge in [0.15, 0.2) is 0 Å². The number of nitrogens with zero attached hydrogens (tertiary/aromatic N) is 2. The van der Waals surface area contributed by atoms with Crippen molar-refractivity contribution < 1.29 is 14.6 Å². The molecule has 0 bridgehead atoms. The predicted molar refractivity (Wildman–Crippen MR) is 72.9 cm³/mol. The van der Waals surface area contributed by atoms with E-state index in [0.29, 0.717) is 22.3 Å². The minimum absolute atomic E-state index is 0.0571. The number of carbonyl (C=O) groups is 1. The molecule has 100 valence electrons. The molecule has 2 heterocycles. The third kappa shape index (κ3) is 2.73. The smallest absolute Gasteiger partial charge is 0.347 e. The molecule has 19 heavy (non-hydrogen) atoms. The number of hydrogen-bond donors (Lipinski definition) is 1. The molecule has 0 saturated carbocycles. The van der Waals surface area contributed by atoms with Crippen molar-refractivity contribution in [3.63, 3.8) is 0 Å². The average Bonchev–Trinajstić information content (AvgIpc) is 2.84. The molecule has 1 N–H and O–H groups in total. The Bertz CT molecular complexity index is 608. The van der Waals surface area contributed by atoms with Crippen LogP contribution < -0.4 is 4.74 Å². The first kappa shape index (κ1) is 13.5. The van der Waals surface area contributed by atoms with Gasteiger partial charge in [-0.05, 0) is 12.0 Å². The van der Waals surface area contributed by atoms with Crippen LogP contribution in [0.4, 0.5) is 0 Å². The molecule has 2 aromatic heterocycles. The Morgan fingerprint density at radius 2 is 2.11 bits per heavy atom. The molecule has 0 aromatic carbocycles. The minimum atomic E-state index is -0.949. The minimum Gasteiger partial charge on any atom is -0.481 e. The van der Waals surface area contributed by atoms with Gasteiger partial charge in [0.25, 0.3) is 0 Å². The molecule has 0 aliphatic rings. The molecule has 0 aliphatic carbocycles. The summed E-state index contributed by atoms with van der Waals surface area (Å²) in [5.74, 6) is -0.410. The Labute approximate surface area is 114 Å². The van der Waals surface area contributed by atoms with E-state index in [2.05, 4.69) is 9.97 Å². The monoisotopic (exact) mass is 278 g/mol. The van der Waals surface area contributed by atoms with Crippen molar-refractivity contribution in [3.05, 3.63) is 28.8 Å². The summed E-state index contributed by atoms with van der Waals surface area (Å²) in [5.41, 5.74) is 1.22. The van der Waals surface area contributed by atoms with E-state index in [0.717, 1.165) is 11.3 Å². The molecule has 0 amide bonds. The Morgan fingerprint density at radius 1 is 1.37 bits per heavy atom. The summed E-state index contributed by atoms with van der Waals surface area (Å²) in [5, 5.41) is 9.80. The van der Waals surface area contributed by atoms with E-state index < -0.39 is 5.97 Å². The highest BCUT2D eigenvalue weighted by Crippen LogP contribution is 2.31. The van der Waals surface area contributed by atoms with Gasteiger partial charge in [0.2, 0.25) is 5.88 Å². The van der Waals surface area contributed by atoms with E-state index in [9.17, 15) is 9.90 Å². The van der Waals surface area contributed by atoms with Crippen LogP contribution in [-0.4, -0.2) is 28.2 Å². The topological polar surface area (TPSA) is 72.3 Å². The zero-order chi connectivity index (χ0) is 14.0. The summed E-state index contributed by atoms with van der Waals surface area (Å²) in [6, 6.07) is 5.33. The number of rotatable bonds is 4. The number of carboxylic acid groups (broad SMARTS) is 1. The van der Waals surface area contributed by atoms with Gasteiger partial charge < -0.3 is 9.84 Å². The molecule has 2 aromatic rings. The number of pyridine rings is 1. The Morgan fingerprint density at radius 3 is 2.63 bits per heavy atom. The maximum atomic E-state index is 11.2. The molecule has 0 unspecified atom stereocenters. The molecule has 0 radical (unpaired) electrons. The predicted octanol–water partition coefficient (Wildman–Crippen LogP) is 3.04. The normalized spacial score (nSPS) is 10.7. The van der Waals surface area contributed by atoms with Gasteiger partial charge in [-0.25, -0.2) is 14.8 Å². The van der Waals surface area contributed by atoms with Crippen molar-refractivity contribution in [3.8, 4) is 16.6 Å². The van der Waals surface area contributed by atoms with Crippen LogP contribution in [-0.2, 0) is 0 Å². The SMILES string of the molecule is COc1cccc(-c2nc(C(C)C)c(C(=O)O)s2)n1. The molecule has 0 saturated heterocycles. The Hall–Kier alpha value is -1.95. The number of carboxylic acids is 1. The second-order valence-corrected chi connectivity index (χ2v) is 5.26. The lowest BCUT2D eigenvalue weighted by Gasteiger charge is -2.01. The highest BCUT2D eigenvalue weighted by atomic mass is 32.1. The van der Waals surface area contributed by atoms with E-state index in [1.165, 1.54) is 7.11 Å². The maximum absolute atomic E-state index is 11.2. The first-order valence-electron chi connectivity index (χ1n) is 5.78. The summed E-state index contributed by atoms with van der Waals surface area (Å²) in [4.78, 5) is 20.2. The molecular weight excluding hydrogens is 264 g/mol. The average molecular weight is 278 g/mol. The highest BCUT2D eigenvalue weighted by Gasteiger charge is 2.20. The van der Waals surface area contributed by atoms with Gasteiger partial charge >= 0.3 is 5.97 Å². The summed E-state index contributed by atoms with van der Waals surface area (Å²) in [6.07, 6.45) is 0. The van der Waals surface area contributed by atoms with Crippen LogP contribution in [0.5, 0.6) is 5.88 Å². The fourth-order valence-corrected chi connectivity index (χ4v) is 2.66. The van der Waals surface area contributed by atoms with Gasteiger partial charge in [0.05, 0.1) is 12.8 Å². The van der Waals surface area contributed by atoms with Crippen molar-refractivity contribution in [2.24, 2.45) is 0 Å². The number of thiazole rings is 1. The van der Waals surface area contributed by atoms with E-state index in [1.54, 1.807) is 18.2 Å². The van der Waals surface area contributed by atoms with Crippen LogP contribution in [0.15, 0.2) is 18.2 Å². The molecule has 0 aliphatic heterocycles. The zero-order valence-corrected chi connectivity index (χ0v) is 11.7. The fourth-order valence-electron chi connectivity index (χ4n) is 1.63. The zero-order valence-electron chi connectivity index (χ0n) is 10.9. The van der Waals surface area contributed by atoms with Crippen molar-refractivity contribution in [2.45, 2.75) is 19.8 Å². The van der Waals surface area contributed by atoms with Crippen LogP contribution in [0.25, 0.3) is 10.7 Å². The lowest BCUT2D eigenvalue weighted by atomic mass is 10.1. The van der Waals surface area contributed by atoms with Crippen molar-refractivity contribution in [1.29, 1.82) is 0 Å². The van der Waals surface area contributed by atoms with Gasteiger partial charge in [0.1, 0.15) is 15.6 Å². The van der Waals surface area contributed by atoms with Crippen LogP contribution in [0.2, 0.25) is 0 Å². The van der Waals surface area contributed by atoms with E-state index in [4.69, 9.17) is 4.74 Å². The van der Waals surface area contributed by atoms with Crippen molar-refractivity contribution in [1.82, 2.24) is 9.97 Å². The van der Waals surface area contributed by atoms with E-state index in [-0.39, 0.29) is 10.8 Å². The first-order chi connectivity index (χ1) is 9.02. The van der Waals surface area contributed by atoms with Gasteiger partial charge in [-0.1, -0.05) is 19.9 Å².